The Balaban J connectivity index is 1.34. The van der Waals surface area contributed by atoms with E-state index >= 15 is 0 Å². The molecule has 194 valence electrons. The van der Waals surface area contributed by atoms with Crippen LogP contribution in [0, 0.1) is 0 Å². The first kappa shape index (κ1) is 24.2. The first-order chi connectivity index (χ1) is 18.5. The van der Waals surface area contributed by atoms with E-state index in [9.17, 15) is 9.59 Å². The first-order valence-corrected chi connectivity index (χ1v) is 12.8. The lowest BCUT2D eigenvalue weighted by atomic mass is 10.1. The van der Waals surface area contributed by atoms with Crippen LogP contribution in [-0.2, 0) is 22.5 Å². The number of aromatic nitrogens is 4. The fraction of sp³-hybridized carbons (Fsp3) is 0.280. The maximum absolute atomic E-state index is 11.8. The van der Waals surface area contributed by atoms with E-state index in [1.54, 1.807) is 16.8 Å². The fourth-order valence-electron chi connectivity index (χ4n) is 4.53. The Kier molecular flexibility index (Phi) is 6.31. The standard InChI is InChI=1S/C25H24N8O4S/c1-32(25-26-11-16(12-27-25)24(35)31-36)13-17-10-19-21(38-17)23(33-4-6-37-7-5-33)30-22(29-19)14-2-3-18-15(8-14)9-20(34)28-18/h2-3,8,10-12,36H,4-7,9,13H2,1H3,(H,28,34)(H,31,35). The molecule has 38 heavy (non-hydrogen) atoms. The summed E-state index contributed by atoms with van der Waals surface area (Å²) in [5.74, 6) is 1.25. The lowest BCUT2D eigenvalue weighted by molar-refractivity contribution is -0.115. The zero-order valence-electron chi connectivity index (χ0n) is 20.5. The van der Waals surface area contributed by atoms with Crippen LogP contribution in [0.2, 0.25) is 0 Å². The van der Waals surface area contributed by atoms with E-state index in [0.29, 0.717) is 38.0 Å². The summed E-state index contributed by atoms with van der Waals surface area (Å²) in [5.41, 5.74) is 5.22. The van der Waals surface area contributed by atoms with Crippen molar-refractivity contribution in [1.82, 2.24) is 25.4 Å². The van der Waals surface area contributed by atoms with E-state index in [0.717, 1.165) is 50.8 Å². The average Bonchev–Trinajstić information content (AvgIpc) is 3.53. The van der Waals surface area contributed by atoms with Gasteiger partial charge in [-0.15, -0.1) is 11.3 Å². The lowest BCUT2D eigenvalue weighted by Gasteiger charge is -2.28. The summed E-state index contributed by atoms with van der Waals surface area (Å²) in [4.78, 5) is 46.9. The van der Waals surface area contributed by atoms with Crippen LogP contribution in [0.3, 0.4) is 0 Å². The summed E-state index contributed by atoms with van der Waals surface area (Å²) < 4.78 is 6.56. The van der Waals surface area contributed by atoms with Crippen LogP contribution in [0.15, 0.2) is 36.7 Å². The minimum atomic E-state index is -0.667. The number of hydrogen-bond donors (Lipinski definition) is 3. The molecule has 6 rings (SSSR count). The second-order valence-electron chi connectivity index (χ2n) is 9.06. The Labute approximate surface area is 221 Å². The number of ether oxygens (including phenoxy) is 1. The maximum atomic E-state index is 11.8. The highest BCUT2D eigenvalue weighted by Crippen LogP contribution is 2.36. The molecule has 1 fully saturated rings. The number of thiophene rings is 1. The van der Waals surface area contributed by atoms with Crippen LogP contribution in [0.4, 0.5) is 17.5 Å². The Morgan fingerprint density at radius 1 is 1.21 bits per heavy atom. The molecular formula is C25H24N8O4S. The van der Waals surface area contributed by atoms with Crippen molar-refractivity contribution >= 4 is 50.8 Å². The van der Waals surface area contributed by atoms with Gasteiger partial charge in [0.15, 0.2) is 11.6 Å². The number of fused-ring (bicyclic) bond motifs is 2. The third-order valence-corrected chi connectivity index (χ3v) is 7.55. The van der Waals surface area contributed by atoms with Gasteiger partial charge in [0.1, 0.15) is 0 Å². The summed E-state index contributed by atoms with van der Waals surface area (Å²) in [6, 6.07) is 7.88. The van der Waals surface area contributed by atoms with E-state index in [-0.39, 0.29) is 11.5 Å². The quantitative estimate of drug-likeness (QED) is 0.250. The highest BCUT2D eigenvalue weighted by Gasteiger charge is 2.23. The summed E-state index contributed by atoms with van der Waals surface area (Å²) in [6.07, 6.45) is 3.08. The van der Waals surface area contributed by atoms with Gasteiger partial charge in [-0.2, -0.15) is 0 Å². The van der Waals surface area contributed by atoms with Gasteiger partial charge < -0.3 is 19.9 Å². The molecule has 2 aliphatic rings. The molecule has 0 bridgehead atoms. The molecule has 0 unspecified atom stereocenters. The maximum Gasteiger partial charge on any atom is 0.277 e. The van der Waals surface area contributed by atoms with Gasteiger partial charge in [-0.05, 0) is 29.8 Å². The zero-order chi connectivity index (χ0) is 26.2. The van der Waals surface area contributed by atoms with Crippen molar-refractivity contribution in [3.05, 3.63) is 52.7 Å². The highest BCUT2D eigenvalue weighted by atomic mass is 32.1. The third kappa shape index (κ3) is 4.62. The van der Waals surface area contributed by atoms with E-state index < -0.39 is 5.91 Å². The molecule has 0 aliphatic carbocycles. The van der Waals surface area contributed by atoms with Gasteiger partial charge in [0.05, 0.1) is 42.0 Å². The molecule has 4 aromatic rings. The van der Waals surface area contributed by atoms with Gasteiger partial charge in [0.2, 0.25) is 11.9 Å². The first-order valence-electron chi connectivity index (χ1n) is 12.0. The van der Waals surface area contributed by atoms with Gasteiger partial charge >= 0.3 is 0 Å². The third-order valence-electron chi connectivity index (χ3n) is 6.44. The van der Waals surface area contributed by atoms with E-state index in [1.807, 2.05) is 30.1 Å². The van der Waals surface area contributed by atoms with Crippen molar-refractivity contribution in [2.75, 3.05) is 48.5 Å². The largest absolute Gasteiger partial charge is 0.378 e. The topological polar surface area (TPSA) is 146 Å². The van der Waals surface area contributed by atoms with Gasteiger partial charge in [-0.3, -0.25) is 14.8 Å². The van der Waals surface area contributed by atoms with Crippen molar-refractivity contribution < 1.29 is 19.5 Å². The number of rotatable bonds is 6. The molecule has 0 radical (unpaired) electrons. The second-order valence-corrected chi connectivity index (χ2v) is 10.2. The summed E-state index contributed by atoms with van der Waals surface area (Å²) in [7, 11) is 1.87. The number of carbonyl (C=O) groups is 2. The van der Waals surface area contributed by atoms with Crippen molar-refractivity contribution in [3.8, 4) is 11.4 Å². The van der Waals surface area contributed by atoms with Crippen molar-refractivity contribution in [2.45, 2.75) is 13.0 Å². The predicted octanol–water partition coefficient (Wildman–Crippen LogP) is 2.23. The Hall–Kier alpha value is -4.20. The van der Waals surface area contributed by atoms with Crippen molar-refractivity contribution in [2.24, 2.45) is 0 Å². The number of morpholine rings is 1. The number of anilines is 3. The number of benzene rings is 1. The number of amides is 2. The summed E-state index contributed by atoms with van der Waals surface area (Å²) in [5, 5.41) is 11.7. The second kappa shape index (κ2) is 9.93. The summed E-state index contributed by atoms with van der Waals surface area (Å²) in [6.45, 7) is 3.27. The van der Waals surface area contributed by atoms with Crippen LogP contribution in [0.5, 0.6) is 0 Å². The number of hydroxylamine groups is 1. The molecule has 1 aromatic carbocycles. The fourth-order valence-corrected chi connectivity index (χ4v) is 5.70. The van der Waals surface area contributed by atoms with Crippen LogP contribution < -0.4 is 20.6 Å². The van der Waals surface area contributed by atoms with Crippen LogP contribution in [0.25, 0.3) is 21.6 Å². The lowest BCUT2D eigenvalue weighted by Crippen LogP contribution is -2.36. The molecule has 1 saturated heterocycles. The van der Waals surface area contributed by atoms with Gasteiger partial charge in [0.25, 0.3) is 5.91 Å². The number of nitrogens with one attached hydrogen (secondary N) is 2. The van der Waals surface area contributed by atoms with E-state index in [4.69, 9.17) is 19.9 Å². The number of carbonyl (C=O) groups excluding carboxylic acids is 2. The van der Waals surface area contributed by atoms with Crippen molar-refractivity contribution in [1.29, 1.82) is 0 Å². The minimum Gasteiger partial charge on any atom is -0.378 e. The molecule has 2 amide bonds. The van der Waals surface area contributed by atoms with Crippen LogP contribution in [-0.4, -0.2) is 70.3 Å². The zero-order valence-corrected chi connectivity index (χ0v) is 21.3. The molecule has 3 aromatic heterocycles. The molecule has 12 nitrogen and oxygen atoms in total. The van der Waals surface area contributed by atoms with Gasteiger partial charge in [0, 0.05) is 48.7 Å². The molecule has 0 saturated carbocycles. The Morgan fingerprint density at radius 3 is 2.76 bits per heavy atom. The average molecular weight is 533 g/mol. The minimum absolute atomic E-state index is 0.00981. The number of nitrogens with zero attached hydrogens (tertiary/aromatic N) is 6. The predicted molar refractivity (Wildman–Crippen MR) is 142 cm³/mol. The SMILES string of the molecule is CN(Cc1cc2nc(-c3ccc4c(c3)CC(=O)N4)nc(N3CCOCC3)c2s1)c1ncc(C(=O)NO)cn1. The van der Waals surface area contributed by atoms with Gasteiger partial charge in [-0.25, -0.2) is 25.4 Å². The molecule has 2 aliphatic heterocycles. The Morgan fingerprint density at radius 2 is 2.00 bits per heavy atom. The molecular weight excluding hydrogens is 508 g/mol. The molecule has 0 spiro atoms. The summed E-state index contributed by atoms with van der Waals surface area (Å²) >= 11 is 1.62. The molecule has 13 heteroatoms. The molecule has 5 heterocycles. The molecule has 3 N–H and O–H groups in total. The smallest absolute Gasteiger partial charge is 0.277 e. The van der Waals surface area contributed by atoms with Gasteiger partial charge in [-0.1, -0.05) is 0 Å². The molecule has 0 atom stereocenters. The van der Waals surface area contributed by atoms with Crippen molar-refractivity contribution in [3.63, 3.8) is 0 Å². The van der Waals surface area contributed by atoms with E-state index in [1.165, 1.54) is 12.4 Å². The van der Waals surface area contributed by atoms with E-state index in [2.05, 4.69) is 26.3 Å². The van der Waals surface area contributed by atoms with Crippen LogP contribution >= 0.6 is 11.3 Å². The normalized spacial score (nSPS) is 14.9. The Bertz CT molecular complexity index is 1530. The monoisotopic (exact) mass is 532 g/mol. The van der Waals surface area contributed by atoms with Crippen LogP contribution in [0.1, 0.15) is 20.8 Å². The number of hydrogen-bond acceptors (Lipinski definition) is 11. The highest BCUT2D eigenvalue weighted by molar-refractivity contribution is 7.19.